The maximum absolute atomic E-state index is 12.9. The summed E-state index contributed by atoms with van der Waals surface area (Å²) in [5.41, 5.74) is 4.75. The number of likely N-dealkylation sites (tertiary alicyclic amines) is 1. The number of nitrogens with zero attached hydrogens (tertiary/aromatic N) is 4. The average molecular weight is 618 g/mol. The van der Waals surface area contributed by atoms with Gasteiger partial charge in [-0.25, -0.2) is 18.9 Å². The Kier molecular flexibility index (Phi) is 9.96. The number of aromatic nitrogens is 4. The lowest BCUT2D eigenvalue weighted by Crippen LogP contribution is -2.43. The van der Waals surface area contributed by atoms with Crippen LogP contribution in [0.4, 0.5) is 4.39 Å². The summed E-state index contributed by atoms with van der Waals surface area (Å²) in [7, 11) is 0. The number of carboxylic acid groups (broad SMARTS) is 2. The molecule has 2 aromatic heterocycles. The summed E-state index contributed by atoms with van der Waals surface area (Å²) in [5.74, 6) is -2.91. The first-order chi connectivity index (χ1) is 21.2. The van der Waals surface area contributed by atoms with Gasteiger partial charge in [0, 0.05) is 40.9 Å². The number of carbonyl (C=O) groups is 2. The van der Waals surface area contributed by atoms with Gasteiger partial charge in [-0.3, -0.25) is 4.79 Å². The fourth-order valence-electron chi connectivity index (χ4n) is 5.66. The van der Waals surface area contributed by atoms with E-state index in [9.17, 15) is 24.2 Å². The molecule has 11 heteroatoms. The quantitative estimate of drug-likeness (QED) is 0.212. The van der Waals surface area contributed by atoms with Crippen molar-refractivity contribution < 1.29 is 24.2 Å². The summed E-state index contributed by atoms with van der Waals surface area (Å²) in [5, 5.41) is 24.3. The fraction of sp³-hybridized carbons (Fsp3) is 0.333. The first kappa shape index (κ1) is 31.2. The first-order valence-corrected chi connectivity index (χ1v) is 15.6. The van der Waals surface area contributed by atoms with Crippen LogP contribution in [0.25, 0.3) is 10.9 Å². The van der Waals surface area contributed by atoms with Crippen molar-refractivity contribution in [3.63, 3.8) is 0 Å². The van der Waals surface area contributed by atoms with E-state index in [0.29, 0.717) is 5.75 Å². The van der Waals surface area contributed by atoms with Crippen molar-refractivity contribution >= 4 is 34.6 Å². The lowest BCUT2D eigenvalue weighted by Gasteiger charge is -2.34. The molecule has 0 amide bonds. The highest BCUT2D eigenvalue weighted by molar-refractivity contribution is 8.00. The van der Waals surface area contributed by atoms with Crippen molar-refractivity contribution in [2.75, 3.05) is 19.6 Å². The molecule has 1 saturated heterocycles. The Bertz CT molecular complexity index is 1640. The minimum atomic E-state index is -1.35. The largest absolute Gasteiger partial charge is 0.480 e. The first-order valence-electron chi connectivity index (χ1n) is 14.6. The molecule has 1 unspecified atom stereocenters. The predicted molar refractivity (Wildman–Crippen MR) is 169 cm³/mol. The summed E-state index contributed by atoms with van der Waals surface area (Å²) in [6.07, 6.45) is 13.7. The summed E-state index contributed by atoms with van der Waals surface area (Å²) in [6.45, 7) is 6.06. The van der Waals surface area contributed by atoms with E-state index in [1.54, 1.807) is 31.7 Å². The van der Waals surface area contributed by atoms with Crippen molar-refractivity contribution in [2.45, 2.75) is 43.2 Å². The molecule has 4 aromatic rings. The molecule has 44 heavy (non-hydrogen) atoms. The van der Waals surface area contributed by atoms with E-state index < -0.39 is 22.6 Å². The number of allylic oxidation sites excluding steroid dienone is 2. The summed E-state index contributed by atoms with van der Waals surface area (Å²) >= 11 is 1.13. The van der Waals surface area contributed by atoms with Gasteiger partial charge in [0.15, 0.2) is 0 Å². The number of carboxylic acids is 2. The highest BCUT2D eigenvalue weighted by atomic mass is 32.2. The van der Waals surface area contributed by atoms with Gasteiger partial charge in [-0.1, -0.05) is 43.4 Å². The van der Waals surface area contributed by atoms with Crippen LogP contribution in [0.1, 0.15) is 36.5 Å². The van der Waals surface area contributed by atoms with E-state index in [1.165, 1.54) is 84.9 Å². The van der Waals surface area contributed by atoms with E-state index >= 15 is 0 Å². The highest BCUT2D eigenvalue weighted by Gasteiger charge is 2.46. The number of H-pyrrole nitrogens is 1. The van der Waals surface area contributed by atoms with Crippen molar-refractivity contribution in [1.29, 1.82) is 0 Å². The topological polar surface area (TPSA) is 124 Å². The van der Waals surface area contributed by atoms with Gasteiger partial charge in [0.25, 0.3) is 0 Å². The number of rotatable bonds is 10. The van der Waals surface area contributed by atoms with E-state index in [-0.39, 0.29) is 11.4 Å². The third kappa shape index (κ3) is 7.28. The summed E-state index contributed by atoms with van der Waals surface area (Å²) in [4.78, 5) is 33.0. The van der Waals surface area contributed by atoms with Crippen LogP contribution in [0.2, 0.25) is 0 Å². The van der Waals surface area contributed by atoms with Crippen LogP contribution in [-0.4, -0.2) is 71.2 Å². The maximum atomic E-state index is 12.9. The van der Waals surface area contributed by atoms with Gasteiger partial charge in [-0.05, 0) is 73.3 Å². The molecule has 3 N–H and O–H groups in total. The third-order valence-corrected chi connectivity index (χ3v) is 9.86. The number of nitrogens with one attached hydrogen (secondary N) is 1. The normalized spacial score (nSPS) is 19.9. The van der Waals surface area contributed by atoms with Crippen LogP contribution in [0, 0.1) is 11.7 Å². The van der Waals surface area contributed by atoms with Gasteiger partial charge in [0.05, 0.1) is 6.54 Å². The molecule has 2 aliphatic rings. The second-order valence-corrected chi connectivity index (χ2v) is 12.4. The van der Waals surface area contributed by atoms with Gasteiger partial charge in [0.2, 0.25) is 0 Å². The number of aliphatic carboxylic acids is 2. The van der Waals surface area contributed by atoms with Gasteiger partial charge in [-0.15, -0.1) is 11.8 Å². The van der Waals surface area contributed by atoms with Gasteiger partial charge in [-0.2, -0.15) is 5.10 Å². The Hall–Kier alpha value is -4.22. The molecule has 0 spiro atoms. The summed E-state index contributed by atoms with van der Waals surface area (Å²) < 4.78 is 13.4. The molecule has 9 nitrogen and oxygen atoms in total. The van der Waals surface area contributed by atoms with Crippen molar-refractivity contribution in [3.05, 3.63) is 108 Å². The van der Waals surface area contributed by atoms with Crippen molar-refractivity contribution in [2.24, 2.45) is 5.92 Å². The number of fused-ring (bicyclic) bond motifs is 1. The SMILES string of the molecule is CC1C(C(=O)O)=CC=C[C@]1(SCc1ccc(F)cc1)C(=O)O.c1ncn(Cc2ccc3[nH]cc(CCN4CCCC4)c3c2)n1. The monoisotopic (exact) mass is 617 g/mol. The Morgan fingerprint density at radius 1 is 1.11 bits per heavy atom. The molecule has 6 rings (SSSR count). The standard InChI is InChI=1S/C17H21N5.C16H15FO4S/c1-2-7-21(6-1)8-5-15-10-19-17-4-3-14(9-16(15)17)11-22-13-18-12-20-22;1-10-13(14(18)19)3-2-8-16(10,15(20)21)22-9-11-4-6-12(17)7-5-11/h3-4,9-10,12-13,19H,1-2,5-8,11H2;2-8,10H,9H2,1H3,(H,18,19)(H,20,21)/t;10?,16-/m.1/s1. The Morgan fingerprint density at radius 3 is 2.55 bits per heavy atom. The Balaban J connectivity index is 0.000000175. The molecule has 2 aromatic carbocycles. The minimum absolute atomic E-state index is 0.0662. The molecule has 2 atom stereocenters. The van der Waals surface area contributed by atoms with Crippen LogP contribution >= 0.6 is 11.8 Å². The molecule has 1 aliphatic heterocycles. The highest BCUT2D eigenvalue weighted by Crippen LogP contribution is 2.43. The summed E-state index contributed by atoms with van der Waals surface area (Å²) in [6, 6.07) is 12.4. The number of thioether (sulfide) groups is 1. The number of halogens is 1. The van der Waals surface area contributed by atoms with E-state index in [4.69, 9.17) is 0 Å². The zero-order valence-corrected chi connectivity index (χ0v) is 25.3. The molecular formula is C33H36FN5O4S. The molecule has 0 bridgehead atoms. The number of benzene rings is 2. The van der Waals surface area contributed by atoms with E-state index in [2.05, 4.69) is 44.4 Å². The minimum Gasteiger partial charge on any atom is -0.480 e. The second-order valence-electron chi connectivity index (χ2n) is 11.1. The second kappa shape index (κ2) is 14.0. The zero-order valence-electron chi connectivity index (χ0n) is 24.5. The molecule has 0 saturated carbocycles. The lowest BCUT2D eigenvalue weighted by molar-refractivity contribution is -0.139. The Morgan fingerprint density at radius 2 is 1.86 bits per heavy atom. The van der Waals surface area contributed by atoms with Crippen LogP contribution in [0.3, 0.4) is 0 Å². The van der Waals surface area contributed by atoms with E-state index in [0.717, 1.165) is 30.3 Å². The number of hydrogen-bond acceptors (Lipinski definition) is 6. The smallest absolute Gasteiger partial charge is 0.331 e. The number of aromatic amines is 1. The van der Waals surface area contributed by atoms with Crippen LogP contribution < -0.4 is 0 Å². The molecular weight excluding hydrogens is 581 g/mol. The molecule has 3 heterocycles. The molecule has 1 fully saturated rings. The lowest BCUT2D eigenvalue weighted by atomic mass is 9.82. The van der Waals surface area contributed by atoms with Crippen molar-refractivity contribution in [1.82, 2.24) is 24.6 Å². The fourth-order valence-corrected chi connectivity index (χ4v) is 6.94. The maximum Gasteiger partial charge on any atom is 0.331 e. The molecule has 1 aliphatic carbocycles. The van der Waals surface area contributed by atoms with Gasteiger partial charge >= 0.3 is 11.9 Å². The van der Waals surface area contributed by atoms with Crippen LogP contribution in [0.5, 0.6) is 0 Å². The molecule has 0 radical (unpaired) electrons. The molecule has 230 valence electrons. The van der Waals surface area contributed by atoms with Gasteiger partial charge in [0.1, 0.15) is 23.2 Å². The zero-order chi connectivity index (χ0) is 31.1. The van der Waals surface area contributed by atoms with Gasteiger partial charge < -0.3 is 20.1 Å². The predicted octanol–water partition coefficient (Wildman–Crippen LogP) is 5.55. The van der Waals surface area contributed by atoms with Crippen LogP contribution in [0.15, 0.2) is 85.1 Å². The average Bonchev–Trinajstić information content (AvgIpc) is 3.80. The third-order valence-electron chi connectivity index (χ3n) is 8.24. The van der Waals surface area contributed by atoms with Crippen molar-refractivity contribution in [3.8, 4) is 0 Å². The number of hydrogen-bond donors (Lipinski definition) is 3. The van der Waals surface area contributed by atoms with E-state index in [1.807, 2.05) is 4.68 Å². The van der Waals surface area contributed by atoms with Crippen LogP contribution in [-0.2, 0) is 28.3 Å². The Labute approximate surface area is 259 Å².